The molecule has 2 aromatic carbocycles. The molecule has 0 aliphatic heterocycles. The van der Waals surface area contributed by atoms with Crippen LogP contribution in [0.4, 0.5) is 39.5 Å². The number of hydrogen-bond donors (Lipinski definition) is 0. The largest absolute Gasteiger partial charge is 0.497 e. The highest BCUT2D eigenvalue weighted by atomic mass is 19.4. The quantitative estimate of drug-likeness (QED) is 0.455. The first kappa shape index (κ1) is 22.4. The van der Waals surface area contributed by atoms with Crippen molar-refractivity contribution in [3.8, 4) is 22.7 Å². The van der Waals surface area contributed by atoms with Gasteiger partial charge in [0.15, 0.2) is 5.69 Å². The molecule has 3 rings (SSSR count). The van der Waals surface area contributed by atoms with Crippen molar-refractivity contribution >= 4 is 0 Å². The second-order valence-corrected chi connectivity index (χ2v) is 6.16. The molecule has 1 heterocycles. The number of halogens is 9. The minimum atomic E-state index is -5.40. The Balaban J connectivity index is 2.30. The zero-order chi connectivity index (χ0) is 23.2. The smallest absolute Gasteiger partial charge is 0.435 e. The molecule has 0 saturated carbocycles. The van der Waals surface area contributed by atoms with Crippen molar-refractivity contribution < 1.29 is 44.3 Å². The molecule has 0 unspecified atom stereocenters. The highest BCUT2D eigenvalue weighted by Gasteiger charge is 2.44. The fourth-order valence-corrected chi connectivity index (χ4v) is 2.79. The van der Waals surface area contributed by atoms with Gasteiger partial charge in [-0.25, -0.2) is 4.68 Å². The van der Waals surface area contributed by atoms with Crippen molar-refractivity contribution in [1.29, 1.82) is 0 Å². The Morgan fingerprint density at radius 3 is 2.03 bits per heavy atom. The summed E-state index contributed by atoms with van der Waals surface area (Å²) in [5, 5.41) is 6.52. The van der Waals surface area contributed by atoms with Crippen LogP contribution in [0.2, 0.25) is 0 Å². The fourth-order valence-electron chi connectivity index (χ4n) is 2.79. The average molecular weight is 455 g/mol. The lowest BCUT2D eigenvalue weighted by atomic mass is 10.1. The van der Waals surface area contributed by atoms with Crippen molar-refractivity contribution in [2.45, 2.75) is 18.5 Å². The van der Waals surface area contributed by atoms with Gasteiger partial charge in [-0.05, 0) is 30.3 Å². The summed E-state index contributed by atoms with van der Waals surface area (Å²) in [6, 6.07) is 5.32. The summed E-state index contributed by atoms with van der Waals surface area (Å²) in [4.78, 5) is 0. The molecule has 31 heavy (non-hydrogen) atoms. The van der Waals surface area contributed by atoms with Crippen LogP contribution in [0, 0.1) is 0 Å². The zero-order valence-electron chi connectivity index (χ0n) is 15.2. The topological polar surface area (TPSA) is 39.9 Å². The highest BCUT2D eigenvalue weighted by Crippen LogP contribution is 2.42. The van der Waals surface area contributed by atoms with E-state index < -0.39 is 46.7 Å². The predicted molar refractivity (Wildman–Crippen MR) is 88.4 cm³/mol. The summed E-state index contributed by atoms with van der Waals surface area (Å²) < 4.78 is 125. The third-order valence-corrected chi connectivity index (χ3v) is 4.14. The Morgan fingerprint density at radius 2 is 1.48 bits per heavy atom. The van der Waals surface area contributed by atoms with E-state index in [9.17, 15) is 39.5 Å². The molecular weight excluding hydrogens is 445 g/mol. The maximum absolute atomic E-state index is 13.8. The second kappa shape index (κ2) is 7.46. The van der Waals surface area contributed by atoms with Crippen LogP contribution in [0.5, 0.6) is 5.75 Å². The molecule has 0 atom stereocenters. The molecule has 0 bridgehead atoms. The lowest BCUT2D eigenvalue weighted by molar-refractivity contribution is -0.146. The zero-order valence-corrected chi connectivity index (χ0v) is 15.2. The average Bonchev–Trinajstić information content (AvgIpc) is 3.11. The summed E-state index contributed by atoms with van der Waals surface area (Å²) in [7, 11) is 1.25. The van der Waals surface area contributed by atoms with Gasteiger partial charge in [0.2, 0.25) is 0 Å². The summed E-state index contributed by atoms with van der Waals surface area (Å²) >= 11 is 0. The lowest BCUT2D eigenvalue weighted by Crippen LogP contribution is -2.19. The van der Waals surface area contributed by atoms with E-state index in [2.05, 4.69) is 10.3 Å². The molecule has 0 fully saturated rings. The van der Waals surface area contributed by atoms with Crippen molar-refractivity contribution in [2.24, 2.45) is 0 Å². The minimum absolute atomic E-state index is 0.144. The molecule has 0 aliphatic rings. The fraction of sp³-hybridized carbons (Fsp3) is 0.222. The number of benzene rings is 2. The van der Waals surface area contributed by atoms with E-state index in [1.165, 1.54) is 25.3 Å². The number of nitrogens with zero attached hydrogens (tertiary/aromatic N) is 3. The number of methoxy groups -OCH3 is 1. The van der Waals surface area contributed by atoms with Gasteiger partial charge in [0.1, 0.15) is 11.4 Å². The number of ether oxygens (including phenoxy) is 1. The summed E-state index contributed by atoms with van der Waals surface area (Å²) in [5.41, 5.74) is -7.56. The minimum Gasteiger partial charge on any atom is -0.497 e. The van der Waals surface area contributed by atoms with Crippen molar-refractivity contribution in [3.05, 3.63) is 59.3 Å². The van der Waals surface area contributed by atoms with E-state index in [4.69, 9.17) is 4.74 Å². The summed E-state index contributed by atoms with van der Waals surface area (Å²) in [6.45, 7) is 0. The van der Waals surface area contributed by atoms with Gasteiger partial charge in [-0.1, -0.05) is 17.3 Å². The first-order valence-electron chi connectivity index (χ1n) is 8.19. The molecule has 0 spiro atoms. The summed E-state index contributed by atoms with van der Waals surface area (Å²) in [5.74, 6) is 0.144. The van der Waals surface area contributed by atoms with Crippen LogP contribution in [-0.4, -0.2) is 22.1 Å². The molecule has 13 heteroatoms. The first-order chi connectivity index (χ1) is 14.2. The van der Waals surface area contributed by atoms with Crippen LogP contribution in [0.15, 0.2) is 42.5 Å². The second-order valence-electron chi connectivity index (χ2n) is 6.16. The molecule has 0 aliphatic carbocycles. The van der Waals surface area contributed by atoms with Gasteiger partial charge in [-0.3, -0.25) is 0 Å². The molecule has 3 aromatic rings. The Bertz CT molecular complexity index is 1100. The van der Waals surface area contributed by atoms with Crippen LogP contribution < -0.4 is 4.74 Å². The predicted octanol–water partition coefficient (Wildman–Crippen LogP) is 6.00. The molecule has 0 amide bonds. The van der Waals surface area contributed by atoms with Crippen LogP contribution >= 0.6 is 0 Å². The van der Waals surface area contributed by atoms with Gasteiger partial charge >= 0.3 is 18.5 Å². The van der Waals surface area contributed by atoms with Crippen molar-refractivity contribution in [1.82, 2.24) is 15.0 Å². The lowest BCUT2D eigenvalue weighted by Gasteiger charge is -2.18. The SMILES string of the molecule is COc1cccc(-c2nnn(-c3ccc(C(F)(F)F)cc3C(F)(F)F)c2C(F)(F)F)c1. The first-order valence-corrected chi connectivity index (χ1v) is 8.19. The Hall–Kier alpha value is -3.25. The maximum Gasteiger partial charge on any atom is 0.435 e. The number of alkyl halides is 9. The molecular formula is C18H10F9N3O. The van der Waals surface area contributed by atoms with Gasteiger partial charge < -0.3 is 4.74 Å². The Kier molecular flexibility index (Phi) is 5.40. The normalized spacial score (nSPS) is 12.8. The van der Waals surface area contributed by atoms with Crippen LogP contribution in [0.1, 0.15) is 16.8 Å². The maximum atomic E-state index is 13.8. The van der Waals surface area contributed by atoms with Gasteiger partial charge in [0, 0.05) is 5.56 Å². The van der Waals surface area contributed by atoms with E-state index in [0.29, 0.717) is 0 Å². The van der Waals surface area contributed by atoms with Gasteiger partial charge in [0.05, 0.1) is 23.9 Å². The third kappa shape index (κ3) is 4.44. The Morgan fingerprint density at radius 1 is 0.806 bits per heavy atom. The molecule has 0 radical (unpaired) electrons. The molecule has 166 valence electrons. The monoisotopic (exact) mass is 455 g/mol. The van der Waals surface area contributed by atoms with Crippen molar-refractivity contribution in [2.75, 3.05) is 7.11 Å². The molecule has 0 N–H and O–H groups in total. The van der Waals surface area contributed by atoms with E-state index in [0.717, 1.165) is 6.07 Å². The molecule has 4 nitrogen and oxygen atoms in total. The van der Waals surface area contributed by atoms with Crippen LogP contribution in [0.3, 0.4) is 0 Å². The van der Waals surface area contributed by atoms with Crippen LogP contribution in [0.25, 0.3) is 16.9 Å². The standard InChI is InChI=1S/C18H10F9N3O/c1-31-11-4-2-3-9(7-11)14-15(18(25,26)27)30(29-28-14)13-6-5-10(16(19,20)21)8-12(13)17(22,23)24/h2-8H,1H3. The van der Waals surface area contributed by atoms with Gasteiger partial charge in [-0.2, -0.15) is 39.5 Å². The van der Waals surface area contributed by atoms with E-state index in [-0.39, 0.29) is 34.2 Å². The number of hydrogen-bond acceptors (Lipinski definition) is 3. The van der Waals surface area contributed by atoms with E-state index in [1.807, 2.05) is 0 Å². The molecule has 0 saturated heterocycles. The summed E-state index contributed by atoms with van der Waals surface area (Å²) in [6.07, 6.45) is -15.8. The van der Waals surface area contributed by atoms with Gasteiger partial charge in [0.25, 0.3) is 0 Å². The third-order valence-electron chi connectivity index (χ3n) is 4.14. The number of rotatable bonds is 3. The van der Waals surface area contributed by atoms with E-state index in [1.54, 1.807) is 0 Å². The van der Waals surface area contributed by atoms with Crippen LogP contribution in [-0.2, 0) is 18.5 Å². The van der Waals surface area contributed by atoms with Gasteiger partial charge in [-0.15, -0.1) is 5.10 Å². The molecule has 1 aromatic heterocycles. The Labute approximate surface area is 167 Å². The highest BCUT2D eigenvalue weighted by molar-refractivity contribution is 5.65. The van der Waals surface area contributed by atoms with Crippen molar-refractivity contribution in [3.63, 3.8) is 0 Å². The number of aromatic nitrogens is 3. The van der Waals surface area contributed by atoms with E-state index >= 15 is 0 Å².